The van der Waals surface area contributed by atoms with Crippen LogP contribution in [0.3, 0.4) is 0 Å². The fraction of sp³-hybridized carbons (Fsp3) is 0.609. The topological polar surface area (TPSA) is 76.2 Å². The molecule has 7 heteroatoms. The van der Waals surface area contributed by atoms with Gasteiger partial charge in [0.1, 0.15) is 12.1 Å². The molecular formula is C23H32N2O5. The van der Waals surface area contributed by atoms with Crippen molar-refractivity contribution in [2.45, 2.75) is 59.2 Å². The van der Waals surface area contributed by atoms with E-state index >= 15 is 0 Å². The lowest BCUT2D eigenvalue weighted by molar-refractivity contribution is -0.153. The Labute approximate surface area is 178 Å². The Bertz CT molecular complexity index is 816. The molecule has 0 radical (unpaired) electrons. The predicted octanol–water partition coefficient (Wildman–Crippen LogP) is 3.01. The average Bonchev–Trinajstić information content (AvgIpc) is 3.14. The molecule has 1 fully saturated rings. The first-order valence-corrected chi connectivity index (χ1v) is 10.5. The molecular weight excluding hydrogens is 384 g/mol. The van der Waals surface area contributed by atoms with E-state index in [0.29, 0.717) is 13.1 Å². The number of carbonyl (C=O) groups excluding carboxylic acids is 3. The summed E-state index contributed by atoms with van der Waals surface area (Å²) >= 11 is 0. The predicted molar refractivity (Wildman–Crippen MR) is 112 cm³/mol. The summed E-state index contributed by atoms with van der Waals surface area (Å²) in [4.78, 5) is 41.3. The highest BCUT2D eigenvalue weighted by molar-refractivity contribution is 5.87. The molecule has 7 nitrogen and oxygen atoms in total. The SMILES string of the molecule is COC(=O)[C@@H]1C[C@@H](OC(=O)N2CCc3ccccc3C2)CN1C(=O)[C@@H](C)C(C)(C)C. The molecule has 2 aliphatic heterocycles. The van der Waals surface area contributed by atoms with Crippen LogP contribution in [0.2, 0.25) is 0 Å². The summed E-state index contributed by atoms with van der Waals surface area (Å²) in [5, 5.41) is 0. The third-order valence-corrected chi connectivity index (χ3v) is 6.34. The number of fused-ring (bicyclic) bond motifs is 1. The smallest absolute Gasteiger partial charge is 0.410 e. The first-order valence-electron chi connectivity index (χ1n) is 10.5. The van der Waals surface area contributed by atoms with Crippen molar-refractivity contribution in [1.29, 1.82) is 0 Å². The number of methoxy groups -OCH3 is 1. The molecule has 2 heterocycles. The van der Waals surface area contributed by atoms with Gasteiger partial charge in [0.05, 0.1) is 13.7 Å². The molecule has 1 saturated heterocycles. The quantitative estimate of drug-likeness (QED) is 0.708. The van der Waals surface area contributed by atoms with Gasteiger partial charge in [0.25, 0.3) is 0 Å². The zero-order valence-electron chi connectivity index (χ0n) is 18.5. The average molecular weight is 417 g/mol. The van der Waals surface area contributed by atoms with E-state index in [-0.39, 0.29) is 30.2 Å². The Hall–Kier alpha value is -2.57. The minimum absolute atomic E-state index is 0.122. The van der Waals surface area contributed by atoms with Crippen LogP contribution < -0.4 is 0 Å². The minimum atomic E-state index is -0.729. The summed E-state index contributed by atoms with van der Waals surface area (Å²) < 4.78 is 10.6. The lowest BCUT2D eigenvalue weighted by Gasteiger charge is -2.32. The summed E-state index contributed by atoms with van der Waals surface area (Å²) in [7, 11) is 1.31. The molecule has 164 valence electrons. The molecule has 0 saturated carbocycles. The maximum atomic E-state index is 13.1. The zero-order chi connectivity index (χ0) is 22.1. The standard InChI is InChI=1S/C23H32N2O5/c1-15(23(2,3)4)20(26)25-14-18(12-19(25)21(27)29-5)30-22(28)24-11-10-16-8-6-7-9-17(16)13-24/h6-9,15,18-19H,10-14H2,1-5H3/t15-,18-,19+/m1/s1. The van der Waals surface area contributed by atoms with E-state index in [0.717, 1.165) is 12.0 Å². The van der Waals surface area contributed by atoms with Gasteiger partial charge < -0.3 is 19.3 Å². The number of amides is 2. The monoisotopic (exact) mass is 416 g/mol. The molecule has 3 rings (SSSR count). The van der Waals surface area contributed by atoms with Crippen molar-refractivity contribution in [1.82, 2.24) is 9.80 Å². The van der Waals surface area contributed by atoms with Gasteiger partial charge in [-0.25, -0.2) is 9.59 Å². The normalized spacial score (nSPS) is 22.3. The number of hydrogen-bond donors (Lipinski definition) is 0. The highest BCUT2D eigenvalue weighted by atomic mass is 16.6. The van der Waals surface area contributed by atoms with E-state index in [1.165, 1.54) is 17.6 Å². The van der Waals surface area contributed by atoms with Crippen LogP contribution in [0.1, 0.15) is 45.2 Å². The van der Waals surface area contributed by atoms with Gasteiger partial charge in [-0.1, -0.05) is 52.0 Å². The van der Waals surface area contributed by atoms with Crippen molar-refractivity contribution >= 4 is 18.0 Å². The summed E-state index contributed by atoms with van der Waals surface area (Å²) in [5.41, 5.74) is 2.13. The Morgan fingerprint density at radius 3 is 2.43 bits per heavy atom. The number of rotatable bonds is 3. The van der Waals surface area contributed by atoms with Crippen LogP contribution in [0.4, 0.5) is 4.79 Å². The van der Waals surface area contributed by atoms with Crippen LogP contribution in [0.5, 0.6) is 0 Å². The van der Waals surface area contributed by atoms with Gasteiger partial charge in [-0.15, -0.1) is 0 Å². The number of likely N-dealkylation sites (tertiary alicyclic amines) is 1. The summed E-state index contributed by atoms with van der Waals surface area (Å²) in [6.07, 6.45) is 0.103. The molecule has 1 aromatic carbocycles. The number of carbonyl (C=O) groups is 3. The maximum absolute atomic E-state index is 13.1. The second-order valence-corrected chi connectivity index (χ2v) is 9.30. The van der Waals surface area contributed by atoms with Gasteiger partial charge in [0.15, 0.2) is 0 Å². The fourth-order valence-corrected chi connectivity index (χ4v) is 3.97. The van der Waals surface area contributed by atoms with Gasteiger partial charge in [-0.05, 0) is 23.0 Å². The van der Waals surface area contributed by atoms with Crippen LogP contribution in [0, 0.1) is 11.3 Å². The number of esters is 1. The van der Waals surface area contributed by atoms with Gasteiger partial charge in [-0.3, -0.25) is 4.79 Å². The Balaban J connectivity index is 1.67. The molecule has 0 aromatic heterocycles. The van der Waals surface area contributed by atoms with Crippen molar-refractivity contribution in [2.24, 2.45) is 11.3 Å². The summed E-state index contributed by atoms with van der Waals surface area (Å²) in [6.45, 7) is 9.13. The van der Waals surface area contributed by atoms with Crippen molar-refractivity contribution in [2.75, 3.05) is 20.2 Å². The van der Waals surface area contributed by atoms with E-state index in [4.69, 9.17) is 9.47 Å². The Kier molecular flexibility index (Phi) is 6.38. The Morgan fingerprint density at radius 2 is 1.80 bits per heavy atom. The van der Waals surface area contributed by atoms with E-state index in [1.54, 1.807) is 4.90 Å². The first-order chi connectivity index (χ1) is 14.1. The second kappa shape index (κ2) is 8.66. The molecule has 0 aliphatic carbocycles. The van der Waals surface area contributed by atoms with Crippen molar-refractivity contribution < 1.29 is 23.9 Å². The van der Waals surface area contributed by atoms with E-state index in [1.807, 2.05) is 45.9 Å². The van der Waals surface area contributed by atoms with Gasteiger partial charge in [-0.2, -0.15) is 0 Å². The molecule has 1 aromatic rings. The number of hydrogen-bond acceptors (Lipinski definition) is 5. The van der Waals surface area contributed by atoms with Crippen LogP contribution in [0.15, 0.2) is 24.3 Å². The molecule has 0 bridgehead atoms. The van der Waals surface area contributed by atoms with Crippen LogP contribution in [-0.2, 0) is 32.0 Å². The van der Waals surface area contributed by atoms with Gasteiger partial charge >= 0.3 is 12.1 Å². The highest BCUT2D eigenvalue weighted by Gasteiger charge is 2.45. The summed E-state index contributed by atoms with van der Waals surface area (Å²) in [6, 6.07) is 7.34. The lowest BCUT2D eigenvalue weighted by atomic mass is 9.81. The zero-order valence-corrected chi connectivity index (χ0v) is 18.5. The number of nitrogens with zero attached hydrogens (tertiary/aromatic N) is 2. The fourth-order valence-electron chi connectivity index (χ4n) is 3.97. The molecule has 0 spiro atoms. The maximum Gasteiger partial charge on any atom is 0.410 e. The molecule has 3 atom stereocenters. The molecule has 0 unspecified atom stereocenters. The van der Waals surface area contributed by atoms with Crippen LogP contribution >= 0.6 is 0 Å². The molecule has 2 aliphatic rings. The van der Waals surface area contributed by atoms with Crippen LogP contribution in [-0.4, -0.2) is 60.1 Å². The lowest BCUT2D eigenvalue weighted by Crippen LogP contribution is -2.46. The second-order valence-electron chi connectivity index (χ2n) is 9.30. The van der Waals surface area contributed by atoms with Crippen molar-refractivity contribution in [3.63, 3.8) is 0 Å². The van der Waals surface area contributed by atoms with E-state index in [9.17, 15) is 14.4 Å². The number of benzene rings is 1. The van der Waals surface area contributed by atoms with Gasteiger partial charge in [0, 0.05) is 25.4 Å². The first kappa shape index (κ1) is 22.1. The Morgan fingerprint density at radius 1 is 1.13 bits per heavy atom. The minimum Gasteiger partial charge on any atom is -0.467 e. The number of ether oxygens (including phenoxy) is 2. The van der Waals surface area contributed by atoms with E-state index in [2.05, 4.69) is 6.07 Å². The largest absolute Gasteiger partial charge is 0.467 e. The van der Waals surface area contributed by atoms with Crippen molar-refractivity contribution in [3.8, 4) is 0 Å². The molecule has 0 N–H and O–H groups in total. The molecule has 30 heavy (non-hydrogen) atoms. The highest BCUT2D eigenvalue weighted by Crippen LogP contribution is 2.31. The van der Waals surface area contributed by atoms with E-state index < -0.39 is 24.2 Å². The molecule has 2 amide bonds. The van der Waals surface area contributed by atoms with Gasteiger partial charge in [0.2, 0.25) is 5.91 Å². The van der Waals surface area contributed by atoms with Crippen molar-refractivity contribution in [3.05, 3.63) is 35.4 Å². The third kappa shape index (κ3) is 4.60. The van der Waals surface area contributed by atoms with Crippen LogP contribution in [0.25, 0.3) is 0 Å². The third-order valence-electron chi connectivity index (χ3n) is 6.34. The summed E-state index contributed by atoms with van der Waals surface area (Å²) in [5.74, 6) is -0.879.